The first-order chi connectivity index (χ1) is 4.71. The first-order valence-electron chi connectivity index (χ1n) is 4.26. The van der Waals surface area contributed by atoms with Gasteiger partial charge < -0.3 is 9.80 Å². The minimum atomic E-state index is 0.259. The van der Waals surface area contributed by atoms with E-state index in [0.717, 1.165) is 11.0 Å². The van der Waals surface area contributed by atoms with Crippen molar-refractivity contribution in [2.75, 3.05) is 34.2 Å². The zero-order valence-electron chi connectivity index (χ0n) is 8.86. The highest BCUT2D eigenvalue weighted by Crippen LogP contribution is 1.97. The van der Waals surface area contributed by atoms with Crippen molar-refractivity contribution in [2.24, 2.45) is 0 Å². The van der Waals surface area contributed by atoms with Gasteiger partial charge in [0.1, 0.15) is 0 Å². The summed E-state index contributed by atoms with van der Waals surface area (Å²) >= 11 is 0. The van der Waals surface area contributed by atoms with Gasteiger partial charge in [-0.2, -0.15) is 0 Å². The molecular weight excluding hydrogens is 136 g/mol. The van der Waals surface area contributed by atoms with Crippen molar-refractivity contribution >= 4 is 0 Å². The van der Waals surface area contributed by atoms with Gasteiger partial charge in [0.05, 0.1) is 27.7 Å². The van der Waals surface area contributed by atoms with Crippen LogP contribution < -0.4 is 5.32 Å². The van der Waals surface area contributed by atoms with E-state index in [1.807, 2.05) is 0 Å². The van der Waals surface area contributed by atoms with Gasteiger partial charge >= 0.3 is 0 Å². The number of hydrogen-bond acceptors (Lipinski definition) is 1. The number of quaternary nitrogens is 1. The molecule has 68 valence electrons. The number of nitrogens with one attached hydrogen (secondary N) is 1. The summed E-state index contributed by atoms with van der Waals surface area (Å²) in [5.74, 6) is 0. The second kappa shape index (κ2) is 3.55. The van der Waals surface area contributed by atoms with Gasteiger partial charge in [0, 0.05) is 12.1 Å². The molecule has 0 rings (SSSR count). The molecule has 0 atom stereocenters. The van der Waals surface area contributed by atoms with E-state index in [1.54, 1.807) is 0 Å². The molecule has 0 aliphatic rings. The van der Waals surface area contributed by atoms with E-state index < -0.39 is 0 Å². The fourth-order valence-corrected chi connectivity index (χ4v) is 0.766. The van der Waals surface area contributed by atoms with Crippen LogP contribution in [0.4, 0.5) is 0 Å². The summed E-state index contributed by atoms with van der Waals surface area (Å²) in [6, 6.07) is 0. The lowest BCUT2D eigenvalue weighted by atomic mass is 10.1. The van der Waals surface area contributed by atoms with Crippen LogP contribution in [0.25, 0.3) is 0 Å². The van der Waals surface area contributed by atoms with Gasteiger partial charge in [-0.3, -0.25) is 0 Å². The quantitative estimate of drug-likeness (QED) is 0.608. The third-order valence-electron chi connectivity index (χ3n) is 1.44. The van der Waals surface area contributed by atoms with E-state index in [4.69, 9.17) is 0 Å². The molecule has 2 nitrogen and oxygen atoms in total. The average molecular weight is 159 g/mol. The Morgan fingerprint density at radius 2 is 1.55 bits per heavy atom. The zero-order chi connectivity index (χ0) is 9.12. The van der Waals surface area contributed by atoms with E-state index in [9.17, 15) is 0 Å². The minimum Gasteiger partial charge on any atom is -0.330 e. The molecule has 0 aromatic heterocycles. The van der Waals surface area contributed by atoms with E-state index >= 15 is 0 Å². The Morgan fingerprint density at radius 1 is 1.09 bits per heavy atom. The van der Waals surface area contributed by atoms with Gasteiger partial charge in [-0.05, 0) is 20.8 Å². The van der Waals surface area contributed by atoms with Crippen molar-refractivity contribution in [3.8, 4) is 0 Å². The highest BCUT2D eigenvalue weighted by molar-refractivity contribution is 4.69. The highest BCUT2D eigenvalue weighted by atomic mass is 15.3. The standard InChI is InChI=1S/C9H23N2/c1-9(2,3)10-7-8-11(4,5)6/h10H,7-8H2,1-6H3/q+1. The number of nitrogens with zero attached hydrogens (tertiary/aromatic N) is 1. The molecule has 0 aromatic rings. The van der Waals surface area contributed by atoms with Crippen LogP contribution in [0.3, 0.4) is 0 Å². The van der Waals surface area contributed by atoms with Gasteiger partial charge in [-0.15, -0.1) is 0 Å². The van der Waals surface area contributed by atoms with Crippen LogP contribution in [0.5, 0.6) is 0 Å². The lowest BCUT2D eigenvalue weighted by molar-refractivity contribution is -0.869. The van der Waals surface area contributed by atoms with E-state index in [0.29, 0.717) is 0 Å². The lowest BCUT2D eigenvalue weighted by Gasteiger charge is -2.27. The first-order valence-corrected chi connectivity index (χ1v) is 4.26. The molecule has 0 aliphatic heterocycles. The van der Waals surface area contributed by atoms with Crippen LogP contribution in [-0.2, 0) is 0 Å². The Hall–Kier alpha value is -0.0800. The smallest absolute Gasteiger partial charge is 0.0907 e. The van der Waals surface area contributed by atoms with Gasteiger partial charge in [0.25, 0.3) is 0 Å². The zero-order valence-corrected chi connectivity index (χ0v) is 8.86. The van der Waals surface area contributed by atoms with Crippen molar-refractivity contribution in [2.45, 2.75) is 26.3 Å². The van der Waals surface area contributed by atoms with E-state index in [2.05, 4.69) is 47.2 Å². The van der Waals surface area contributed by atoms with Crippen LogP contribution in [0, 0.1) is 0 Å². The third-order valence-corrected chi connectivity index (χ3v) is 1.44. The lowest BCUT2D eigenvalue weighted by Crippen LogP contribution is -2.45. The summed E-state index contributed by atoms with van der Waals surface area (Å²) in [6.07, 6.45) is 0. The summed E-state index contributed by atoms with van der Waals surface area (Å²) in [5.41, 5.74) is 0.259. The Labute approximate surface area is 71.2 Å². The Morgan fingerprint density at radius 3 is 1.82 bits per heavy atom. The first kappa shape index (κ1) is 10.9. The second-order valence-corrected chi connectivity index (χ2v) is 5.19. The fraction of sp³-hybridized carbons (Fsp3) is 1.00. The minimum absolute atomic E-state index is 0.259. The maximum atomic E-state index is 3.46. The number of hydrogen-bond donors (Lipinski definition) is 1. The van der Waals surface area contributed by atoms with Crippen molar-refractivity contribution in [3.63, 3.8) is 0 Å². The summed E-state index contributed by atoms with van der Waals surface area (Å²) in [5, 5.41) is 3.46. The van der Waals surface area contributed by atoms with Crippen molar-refractivity contribution in [1.82, 2.24) is 5.32 Å². The summed E-state index contributed by atoms with van der Waals surface area (Å²) in [7, 11) is 6.64. The molecule has 0 amide bonds. The molecule has 0 fully saturated rings. The molecule has 0 spiro atoms. The summed E-state index contributed by atoms with van der Waals surface area (Å²) in [6.45, 7) is 8.86. The largest absolute Gasteiger partial charge is 0.330 e. The van der Waals surface area contributed by atoms with Gasteiger partial charge in [0.2, 0.25) is 0 Å². The molecule has 2 heteroatoms. The maximum absolute atomic E-state index is 3.46. The van der Waals surface area contributed by atoms with Crippen molar-refractivity contribution in [3.05, 3.63) is 0 Å². The Balaban J connectivity index is 3.44. The summed E-state index contributed by atoms with van der Waals surface area (Å²) < 4.78 is 1.03. The van der Waals surface area contributed by atoms with Crippen molar-refractivity contribution < 1.29 is 4.48 Å². The predicted octanol–water partition coefficient (Wildman–Crippen LogP) is 1.08. The molecule has 0 bridgehead atoms. The molecule has 0 radical (unpaired) electrons. The van der Waals surface area contributed by atoms with Crippen LogP contribution in [0.2, 0.25) is 0 Å². The maximum Gasteiger partial charge on any atom is 0.0907 e. The fourth-order valence-electron chi connectivity index (χ4n) is 0.766. The SMILES string of the molecule is CC(C)(C)NCC[N+](C)(C)C. The Bertz CT molecular complexity index is 91.7. The molecule has 0 aliphatic carbocycles. The highest BCUT2D eigenvalue weighted by Gasteiger charge is 2.11. The Kier molecular flexibility index (Phi) is 3.52. The molecule has 0 heterocycles. The topological polar surface area (TPSA) is 12.0 Å². The third kappa shape index (κ3) is 9.92. The van der Waals surface area contributed by atoms with Crippen LogP contribution >= 0.6 is 0 Å². The summed E-state index contributed by atoms with van der Waals surface area (Å²) in [4.78, 5) is 0. The molecule has 0 aromatic carbocycles. The van der Waals surface area contributed by atoms with Crippen molar-refractivity contribution in [1.29, 1.82) is 0 Å². The van der Waals surface area contributed by atoms with Gasteiger partial charge in [-0.1, -0.05) is 0 Å². The van der Waals surface area contributed by atoms with Crippen LogP contribution in [0.15, 0.2) is 0 Å². The van der Waals surface area contributed by atoms with E-state index in [1.165, 1.54) is 6.54 Å². The molecule has 0 saturated carbocycles. The molecule has 0 unspecified atom stereocenters. The van der Waals surface area contributed by atoms with Crippen LogP contribution in [0.1, 0.15) is 20.8 Å². The van der Waals surface area contributed by atoms with Gasteiger partial charge in [-0.25, -0.2) is 0 Å². The average Bonchev–Trinajstić information content (AvgIpc) is 1.55. The number of rotatable bonds is 3. The normalized spacial score (nSPS) is 13.6. The van der Waals surface area contributed by atoms with Gasteiger partial charge in [0.15, 0.2) is 0 Å². The predicted molar refractivity (Wildman–Crippen MR) is 50.7 cm³/mol. The molecular formula is C9H23N2+. The molecule has 0 saturated heterocycles. The van der Waals surface area contributed by atoms with E-state index in [-0.39, 0.29) is 5.54 Å². The molecule has 11 heavy (non-hydrogen) atoms. The number of likely N-dealkylation sites (N-methyl/N-ethyl adjacent to an activating group) is 1. The molecule has 1 N–H and O–H groups in total. The van der Waals surface area contributed by atoms with Crippen LogP contribution in [-0.4, -0.2) is 44.3 Å². The second-order valence-electron chi connectivity index (χ2n) is 5.19. The monoisotopic (exact) mass is 159 g/mol.